The van der Waals surface area contributed by atoms with Crippen LogP contribution in [0.25, 0.3) is 0 Å². The highest BCUT2D eigenvalue weighted by atomic mass is 35.5. The number of carbonyl (C=O) groups excluding carboxylic acids is 3. The first-order valence-corrected chi connectivity index (χ1v) is 17.2. The lowest BCUT2D eigenvalue weighted by atomic mass is 10.0. The Morgan fingerprint density at radius 3 is 2.42 bits per heavy atom. The van der Waals surface area contributed by atoms with E-state index in [-0.39, 0.29) is 49.8 Å². The zero-order valence-electron chi connectivity index (χ0n) is 30.5. The van der Waals surface area contributed by atoms with Crippen LogP contribution in [0.15, 0.2) is 42.9 Å². The summed E-state index contributed by atoms with van der Waals surface area (Å²) in [5.41, 5.74) is 1.02. The Balaban J connectivity index is 0.000000573. The fourth-order valence-electron chi connectivity index (χ4n) is 5.11. The number of benzene rings is 1. The third-order valence-corrected chi connectivity index (χ3v) is 8.12. The largest absolute Gasteiger partial charge is 0.495 e. The van der Waals surface area contributed by atoms with Crippen molar-refractivity contribution in [1.29, 1.82) is 0 Å². The monoisotopic (exact) mass is 822 g/mol. The first-order valence-electron chi connectivity index (χ1n) is 16.8. The van der Waals surface area contributed by atoms with Crippen molar-refractivity contribution in [2.24, 2.45) is 5.92 Å². The summed E-state index contributed by atoms with van der Waals surface area (Å²) in [4.78, 5) is 94.7. The maximum atomic E-state index is 13.5. The number of aromatic nitrogens is 4. The number of nitrogens with one attached hydrogen (secondary N) is 1. The van der Waals surface area contributed by atoms with Gasteiger partial charge in [0.25, 0.3) is 11.0 Å². The molecule has 57 heavy (non-hydrogen) atoms. The summed E-state index contributed by atoms with van der Waals surface area (Å²) in [5, 5.41) is 37.3. The number of amides is 1. The molecule has 1 aromatic carbocycles. The number of anilines is 3. The molecule has 3 heterocycles. The fraction of sp³-hybridized carbons (Fsp3) is 0.424. The van der Waals surface area contributed by atoms with Gasteiger partial charge in [0.1, 0.15) is 37.0 Å². The second-order valence-corrected chi connectivity index (χ2v) is 12.2. The molecule has 23 nitrogen and oxygen atoms in total. The maximum Gasteiger partial charge on any atom is 0.346 e. The van der Waals surface area contributed by atoms with Crippen molar-refractivity contribution in [2.45, 2.75) is 38.3 Å². The lowest BCUT2D eigenvalue weighted by Crippen LogP contribution is -2.36. The van der Waals surface area contributed by atoms with Gasteiger partial charge in [-0.2, -0.15) is 10.2 Å². The van der Waals surface area contributed by atoms with Crippen LogP contribution in [0.5, 0.6) is 5.75 Å². The Kier molecular flexibility index (Phi) is 18.0. The molecule has 4 N–H and O–H groups in total. The fourth-order valence-corrected chi connectivity index (χ4v) is 5.39. The van der Waals surface area contributed by atoms with E-state index in [2.05, 4.69) is 30.0 Å². The first-order chi connectivity index (χ1) is 27.2. The molecule has 0 spiro atoms. The Morgan fingerprint density at radius 2 is 1.81 bits per heavy atom. The number of carboxylic acid groups (broad SMARTS) is 2. The van der Waals surface area contributed by atoms with Crippen molar-refractivity contribution < 1.29 is 68.5 Å². The number of aliphatic carboxylic acids is 2. The van der Waals surface area contributed by atoms with E-state index < -0.39 is 53.6 Å². The van der Waals surface area contributed by atoms with Crippen molar-refractivity contribution in [1.82, 2.24) is 19.9 Å². The zero-order chi connectivity index (χ0) is 41.9. The number of rotatable bonds is 20. The third-order valence-electron chi connectivity index (χ3n) is 7.82. The number of carboxylic acids is 2. The molecule has 4 rings (SSSR count). The third kappa shape index (κ3) is 14.6. The van der Waals surface area contributed by atoms with Crippen molar-refractivity contribution in [3.05, 3.63) is 69.1 Å². The summed E-state index contributed by atoms with van der Waals surface area (Å²) in [6.45, 7) is 0.161. The van der Waals surface area contributed by atoms with Gasteiger partial charge in [-0.25, -0.2) is 24.5 Å². The van der Waals surface area contributed by atoms with Crippen LogP contribution in [0.4, 0.5) is 17.7 Å². The lowest BCUT2D eigenvalue weighted by molar-refractivity contribution is -0.758. The van der Waals surface area contributed by atoms with Crippen LogP contribution in [0, 0.1) is 16.0 Å². The molecule has 1 aliphatic rings. The molecule has 308 valence electrons. The second-order valence-electron chi connectivity index (χ2n) is 11.8. The number of esters is 1. The van der Waals surface area contributed by atoms with E-state index >= 15 is 0 Å². The number of halogens is 1. The van der Waals surface area contributed by atoms with Crippen LogP contribution in [-0.4, -0.2) is 123 Å². The van der Waals surface area contributed by atoms with Gasteiger partial charge >= 0.3 is 23.9 Å². The van der Waals surface area contributed by atoms with Gasteiger partial charge in [-0.05, 0) is 36.6 Å². The standard InChI is InChI=1S/C27H31ClN8O8.C6H8O7/c1-34(26-29-8-4-9-30-26)25(38)20-15-32-27(33-24(20)31-14-18-6-7-22(41-2)21(28)13-18)35-10-3-5-19(35)16-43-23(37)17-42-11-12-44-36(39)40;7-4(8)1-3(2-5(9)10)6(11)13-12/h4,6-9,13,15,19H,3,5,10-12,14,16-17H2,1-2H3,(H,31,32,33);3,12H,1-2H2,(H,7,8)(H,9,10). The van der Waals surface area contributed by atoms with Crippen LogP contribution in [-0.2, 0) is 44.9 Å². The second kappa shape index (κ2) is 22.8. The van der Waals surface area contributed by atoms with Gasteiger partial charge in [0.05, 0.1) is 43.5 Å². The average molecular weight is 823 g/mol. The van der Waals surface area contributed by atoms with E-state index in [4.69, 9.17) is 46.3 Å². The van der Waals surface area contributed by atoms with Crippen molar-refractivity contribution >= 4 is 59.1 Å². The number of hydrogen-bond donors (Lipinski definition) is 4. The summed E-state index contributed by atoms with van der Waals surface area (Å²) in [7, 11) is 3.09. The molecule has 1 amide bonds. The summed E-state index contributed by atoms with van der Waals surface area (Å²) in [6.07, 6.45) is 4.66. The molecule has 1 fully saturated rings. The van der Waals surface area contributed by atoms with Gasteiger partial charge in [0, 0.05) is 38.7 Å². The molecule has 1 aliphatic heterocycles. The predicted octanol–water partition coefficient (Wildman–Crippen LogP) is 2.12. The van der Waals surface area contributed by atoms with Crippen molar-refractivity contribution in [3.8, 4) is 5.75 Å². The predicted molar refractivity (Wildman–Crippen MR) is 194 cm³/mol. The molecule has 0 saturated carbocycles. The quantitative estimate of drug-likeness (QED) is 0.0417. The number of hydrogen-bond acceptors (Lipinski definition) is 19. The highest BCUT2D eigenvalue weighted by Gasteiger charge is 2.30. The highest BCUT2D eigenvalue weighted by molar-refractivity contribution is 6.32. The van der Waals surface area contributed by atoms with Gasteiger partial charge < -0.3 is 44.4 Å². The number of nitrogens with zero attached hydrogens (tertiary/aromatic N) is 7. The minimum absolute atomic E-state index is 0.0544. The van der Waals surface area contributed by atoms with Crippen LogP contribution in [0.1, 0.15) is 41.6 Å². The SMILES string of the molecule is COc1ccc(CNc2nc(N3CCCC3COC(=O)COCCO[N+](=O)[O-])ncc2C(=O)N(C)c2ncccn2)cc1Cl.O=C(O)CC(CC(=O)O)C(=O)OO. The Bertz CT molecular complexity index is 1840. The minimum atomic E-state index is -1.36. The molecule has 1 atom stereocenters. The molecule has 0 bridgehead atoms. The van der Waals surface area contributed by atoms with Gasteiger partial charge in [0.2, 0.25) is 11.9 Å². The number of carbonyl (C=O) groups is 5. The molecule has 0 radical (unpaired) electrons. The maximum absolute atomic E-state index is 13.5. The number of methoxy groups -OCH3 is 1. The summed E-state index contributed by atoms with van der Waals surface area (Å²) in [5.74, 6) is -4.95. The molecule has 2 aromatic heterocycles. The van der Waals surface area contributed by atoms with Crippen LogP contribution < -0.4 is 19.9 Å². The van der Waals surface area contributed by atoms with Gasteiger partial charge in [-0.15, -0.1) is 10.1 Å². The topological polar surface area (TPSA) is 305 Å². The van der Waals surface area contributed by atoms with Crippen LogP contribution >= 0.6 is 11.6 Å². The first kappa shape index (κ1) is 44.9. The average Bonchev–Trinajstić information content (AvgIpc) is 3.67. The summed E-state index contributed by atoms with van der Waals surface area (Å²) >= 11 is 6.30. The van der Waals surface area contributed by atoms with Gasteiger partial charge in [-0.3, -0.25) is 19.3 Å². The smallest absolute Gasteiger partial charge is 0.346 e. The van der Waals surface area contributed by atoms with Crippen LogP contribution in [0.3, 0.4) is 0 Å². The zero-order valence-corrected chi connectivity index (χ0v) is 31.3. The molecule has 0 aliphatic carbocycles. The van der Waals surface area contributed by atoms with E-state index in [1.54, 1.807) is 25.2 Å². The van der Waals surface area contributed by atoms with Crippen molar-refractivity contribution in [2.75, 3.05) is 62.2 Å². The molecule has 24 heteroatoms. The number of ether oxygens (including phenoxy) is 3. The molecular weight excluding hydrogens is 784 g/mol. The minimum Gasteiger partial charge on any atom is -0.495 e. The van der Waals surface area contributed by atoms with Gasteiger partial charge in [-0.1, -0.05) is 17.7 Å². The molecular formula is C33H39ClN8O15. The molecule has 3 aromatic rings. The van der Waals surface area contributed by atoms with E-state index in [1.165, 1.54) is 30.6 Å². The van der Waals surface area contributed by atoms with E-state index in [0.717, 1.165) is 18.4 Å². The highest BCUT2D eigenvalue weighted by Crippen LogP contribution is 2.28. The molecule has 1 unspecified atom stereocenters. The lowest BCUT2D eigenvalue weighted by Gasteiger charge is -2.25. The normalized spacial score (nSPS) is 13.1. The molecule has 1 saturated heterocycles. The van der Waals surface area contributed by atoms with Crippen molar-refractivity contribution in [3.63, 3.8) is 0 Å². The Hall–Kier alpha value is -6.46. The summed E-state index contributed by atoms with van der Waals surface area (Å²) in [6, 6.07) is 6.78. The van der Waals surface area contributed by atoms with E-state index in [1.807, 2.05) is 11.0 Å². The van der Waals surface area contributed by atoms with E-state index in [0.29, 0.717) is 29.8 Å². The van der Waals surface area contributed by atoms with Gasteiger partial charge in [0.15, 0.2) is 0 Å². The van der Waals surface area contributed by atoms with Crippen LogP contribution in [0.2, 0.25) is 5.02 Å². The summed E-state index contributed by atoms with van der Waals surface area (Å²) < 4.78 is 15.6. The Morgan fingerprint density at radius 1 is 1.11 bits per heavy atom. The van der Waals surface area contributed by atoms with E-state index in [9.17, 15) is 34.1 Å². The Labute approximate surface area is 328 Å².